The van der Waals surface area contributed by atoms with Crippen molar-refractivity contribution in [1.29, 1.82) is 0 Å². The molecule has 2 amide bonds. The predicted octanol–water partition coefficient (Wildman–Crippen LogP) is 2.95. The van der Waals surface area contributed by atoms with Crippen molar-refractivity contribution >= 4 is 26.2 Å². The molecule has 1 aliphatic heterocycles. The summed E-state index contributed by atoms with van der Waals surface area (Å²) in [5.74, 6) is 0.0189. The molecule has 0 radical (unpaired) electrons. The third kappa shape index (κ3) is 8.73. The van der Waals surface area contributed by atoms with Gasteiger partial charge >= 0.3 is 5.63 Å². The number of nitrogens with one attached hydrogen (secondary N) is 1. The van der Waals surface area contributed by atoms with Crippen molar-refractivity contribution in [3.63, 3.8) is 0 Å². The fraction of sp³-hybridized carbons (Fsp3) is 0.542. The molecule has 1 fully saturated rings. The van der Waals surface area contributed by atoms with E-state index < -0.39 is 14.3 Å². The minimum atomic E-state index is -1.13. The number of benzene rings is 1. The van der Waals surface area contributed by atoms with Crippen molar-refractivity contribution in [2.75, 3.05) is 31.1 Å². The van der Waals surface area contributed by atoms with Crippen LogP contribution >= 0.6 is 0 Å². The topological polar surface area (TPSA) is 105 Å². The van der Waals surface area contributed by atoms with E-state index in [4.69, 9.17) is 4.52 Å². The zero-order chi connectivity index (χ0) is 25.5. The highest BCUT2D eigenvalue weighted by Crippen LogP contribution is 2.24. The van der Waals surface area contributed by atoms with E-state index in [1.807, 2.05) is 29.2 Å². The van der Waals surface area contributed by atoms with Gasteiger partial charge in [0.15, 0.2) is 0 Å². The van der Waals surface area contributed by atoms with Crippen molar-refractivity contribution < 1.29 is 18.6 Å². The van der Waals surface area contributed by atoms with Gasteiger partial charge in [0.2, 0.25) is 11.8 Å². The summed E-state index contributed by atoms with van der Waals surface area (Å²) in [6, 6.07) is 7.74. The smallest absolute Gasteiger partial charge is 0.365 e. The fourth-order valence-corrected chi connectivity index (χ4v) is 3.47. The lowest BCUT2D eigenvalue weighted by Crippen LogP contribution is -2.49. The van der Waals surface area contributed by atoms with Gasteiger partial charge in [0.25, 0.3) is 8.68 Å². The van der Waals surface area contributed by atoms with Gasteiger partial charge in [-0.1, -0.05) is 32.9 Å². The second-order valence-electron chi connectivity index (χ2n) is 9.79. The van der Waals surface area contributed by atoms with Crippen LogP contribution in [-0.4, -0.2) is 56.3 Å². The third-order valence-corrected chi connectivity index (χ3v) is 5.03. The molecule has 0 unspecified atom stereocenters. The molecule has 0 aliphatic carbocycles. The van der Waals surface area contributed by atoms with E-state index >= 15 is 0 Å². The van der Waals surface area contributed by atoms with Crippen LogP contribution in [0.15, 0.2) is 39.8 Å². The molecular weight excluding hydrogens is 452 g/mol. The number of nitrogens with zero attached hydrogens (tertiary/aromatic N) is 3. The first-order valence-corrected chi connectivity index (χ1v) is 13.8. The molecule has 1 N–H and O–H groups in total. The second kappa shape index (κ2) is 11.9. The molecule has 9 nitrogen and oxygen atoms in total. The van der Waals surface area contributed by atoms with Crippen LogP contribution in [0.3, 0.4) is 0 Å². The number of hydrogen-bond acceptors (Lipinski definition) is 6. The normalized spacial score (nSPS) is 13.7. The first-order valence-electron chi connectivity index (χ1n) is 11.4. The van der Waals surface area contributed by atoms with E-state index in [1.54, 1.807) is 19.3 Å². The average Bonchev–Trinajstić information content (AvgIpc) is 3.11. The summed E-state index contributed by atoms with van der Waals surface area (Å²) >= 11 is 0. The lowest BCUT2D eigenvalue weighted by molar-refractivity contribution is -0.133. The van der Waals surface area contributed by atoms with Gasteiger partial charge in [0, 0.05) is 45.2 Å². The van der Waals surface area contributed by atoms with Crippen LogP contribution in [-0.2, 0) is 20.7 Å². The van der Waals surface area contributed by atoms with Crippen molar-refractivity contribution in [2.45, 2.75) is 53.9 Å². The van der Waals surface area contributed by atoms with E-state index in [-0.39, 0.29) is 23.9 Å². The number of hydrogen-bond donors (Lipinski definition) is 1. The lowest BCUT2D eigenvalue weighted by Gasteiger charge is -2.37. The van der Waals surface area contributed by atoms with Crippen LogP contribution in [0, 0.1) is 5.41 Å². The maximum absolute atomic E-state index is 12.4. The van der Waals surface area contributed by atoms with Crippen molar-refractivity contribution in [3.8, 4) is 11.1 Å². The Labute approximate surface area is 202 Å². The van der Waals surface area contributed by atoms with E-state index in [0.717, 1.165) is 24.3 Å². The minimum Gasteiger partial charge on any atom is -0.389 e. The highest BCUT2D eigenvalue weighted by molar-refractivity contribution is 6.38. The van der Waals surface area contributed by atoms with E-state index in [2.05, 4.69) is 31.0 Å². The van der Waals surface area contributed by atoms with Crippen LogP contribution in [0.4, 0.5) is 5.69 Å². The molecule has 1 aliphatic rings. The fourth-order valence-electron chi connectivity index (χ4n) is 3.47. The highest BCUT2D eigenvalue weighted by Gasteiger charge is 2.25. The summed E-state index contributed by atoms with van der Waals surface area (Å²) in [6.07, 6.45) is 2.15. The Hall–Kier alpha value is -3.01. The summed E-state index contributed by atoms with van der Waals surface area (Å²) in [5, 5.41) is 2.59. The maximum atomic E-state index is 12.4. The number of carbonyl (C=O) groups is 2. The SMILES string of the molecule is CC(=O)NCn1cc(-c2ccc(N3CCN(C(=O)CC(C)(C)C)CC3)cc2)c(=O)o1.C[Si](C)=O. The van der Waals surface area contributed by atoms with Gasteiger partial charge in [0.1, 0.15) is 6.67 Å². The Morgan fingerprint density at radius 3 is 2.12 bits per heavy atom. The van der Waals surface area contributed by atoms with Crippen LogP contribution in [0.1, 0.15) is 34.1 Å². The zero-order valence-corrected chi connectivity index (χ0v) is 22.0. The molecule has 0 spiro atoms. The van der Waals surface area contributed by atoms with Crippen LogP contribution in [0.25, 0.3) is 11.1 Å². The van der Waals surface area contributed by atoms with Crippen molar-refractivity contribution in [3.05, 3.63) is 40.9 Å². The second-order valence-corrected chi connectivity index (χ2v) is 11.6. The number of anilines is 1. The number of rotatable bonds is 5. The first-order chi connectivity index (χ1) is 15.9. The van der Waals surface area contributed by atoms with Gasteiger partial charge in [-0.2, -0.15) is 4.74 Å². The monoisotopic (exact) mass is 488 g/mol. The predicted molar refractivity (Wildman–Crippen MR) is 133 cm³/mol. The Kier molecular flexibility index (Phi) is 9.54. The van der Waals surface area contributed by atoms with Gasteiger partial charge in [-0.05, 0) is 36.2 Å². The summed E-state index contributed by atoms with van der Waals surface area (Å²) in [5.41, 5.74) is 1.82. The number of amides is 2. The third-order valence-electron chi connectivity index (χ3n) is 5.03. The molecule has 10 heteroatoms. The molecular formula is C24H36N4O5Si. The summed E-state index contributed by atoms with van der Waals surface area (Å²) < 4.78 is 16.1. The highest BCUT2D eigenvalue weighted by atomic mass is 28.2. The van der Waals surface area contributed by atoms with Crippen LogP contribution in [0.2, 0.25) is 13.1 Å². The van der Waals surface area contributed by atoms with Crippen LogP contribution in [0.5, 0.6) is 0 Å². The molecule has 0 atom stereocenters. The Balaban J connectivity index is 0.000000945. The molecule has 2 heterocycles. The number of aromatic nitrogens is 1. The van der Waals surface area contributed by atoms with Gasteiger partial charge in [-0.3, -0.25) is 9.59 Å². The molecule has 1 aromatic carbocycles. The molecule has 3 rings (SSSR count). The van der Waals surface area contributed by atoms with E-state index in [9.17, 15) is 18.8 Å². The standard InChI is InChI=1S/C22H30N4O4.C2H6OSi/c1-16(27)23-15-26-14-19(21(29)30-26)17-5-7-18(8-6-17)24-9-11-25(12-10-24)20(28)13-22(2,3)4;1-4(2)3/h5-8,14H,9-13,15H2,1-4H3,(H,23,27);1-2H3. The van der Waals surface area contributed by atoms with Crippen molar-refractivity contribution in [2.24, 2.45) is 5.41 Å². The molecule has 1 aromatic heterocycles. The summed E-state index contributed by atoms with van der Waals surface area (Å²) in [7, 11) is -1.13. The van der Waals surface area contributed by atoms with Crippen LogP contribution < -0.4 is 15.8 Å². The van der Waals surface area contributed by atoms with E-state index in [1.165, 1.54) is 11.7 Å². The average molecular weight is 489 g/mol. The largest absolute Gasteiger partial charge is 0.389 e. The maximum Gasteiger partial charge on any atom is 0.365 e. The minimum absolute atomic E-state index is 0.00215. The Morgan fingerprint density at radius 2 is 1.62 bits per heavy atom. The van der Waals surface area contributed by atoms with Gasteiger partial charge in [0.05, 0.1) is 11.8 Å². The molecule has 0 bridgehead atoms. The number of piperazine rings is 1. The molecule has 34 heavy (non-hydrogen) atoms. The molecule has 186 valence electrons. The van der Waals surface area contributed by atoms with Gasteiger partial charge < -0.3 is 24.1 Å². The molecule has 0 saturated carbocycles. The zero-order valence-electron chi connectivity index (χ0n) is 21.0. The molecule has 2 aromatic rings. The first kappa shape index (κ1) is 27.2. The number of carbonyl (C=O) groups excluding carboxylic acids is 2. The van der Waals surface area contributed by atoms with Crippen molar-refractivity contribution in [1.82, 2.24) is 15.0 Å². The summed E-state index contributed by atoms with van der Waals surface area (Å²) in [6.45, 7) is 14.2. The Morgan fingerprint density at radius 1 is 1.06 bits per heavy atom. The van der Waals surface area contributed by atoms with Gasteiger partial charge in [-0.25, -0.2) is 4.79 Å². The van der Waals surface area contributed by atoms with Gasteiger partial charge in [-0.15, -0.1) is 0 Å². The quantitative estimate of drug-likeness (QED) is 0.649. The lowest BCUT2D eigenvalue weighted by atomic mass is 9.91. The molecule has 1 saturated heterocycles. The van der Waals surface area contributed by atoms with E-state index in [0.29, 0.717) is 25.1 Å². The summed E-state index contributed by atoms with van der Waals surface area (Å²) in [4.78, 5) is 39.7. The Bertz CT molecular complexity index is 1040.